The number of nitrogens with zero attached hydrogens (tertiary/aromatic N) is 2. The van der Waals surface area contributed by atoms with Gasteiger partial charge in [0.25, 0.3) is 0 Å². The topological polar surface area (TPSA) is 53.6 Å². The molecule has 2 aromatic heterocycles. The number of hydrogen-bond acceptors (Lipinski definition) is 3. The fourth-order valence-corrected chi connectivity index (χ4v) is 4.08. The van der Waals surface area contributed by atoms with Crippen LogP contribution in [0.15, 0.2) is 48.5 Å². The van der Waals surface area contributed by atoms with Gasteiger partial charge in [-0.25, -0.2) is 9.37 Å². The van der Waals surface area contributed by atoms with Gasteiger partial charge >= 0.3 is 0 Å². The Kier molecular flexibility index (Phi) is 4.24. The van der Waals surface area contributed by atoms with Gasteiger partial charge in [-0.1, -0.05) is 29.8 Å². The van der Waals surface area contributed by atoms with Crippen LogP contribution in [0.4, 0.5) is 16.0 Å². The summed E-state index contributed by atoms with van der Waals surface area (Å²) in [7, 11) is 0. The summed E-state index contributed by atoms with van der Waals surface area (Å²) in [6.07, 6.45) is 4.27. The lowest BCUT2D eigenvalue weighted by atomic mass is 9.91. The van der Waals surface area contributed by atoms with Crippen LogP contribution in [-0.2, 0) is 12.8 Å². The molecule has 0 spiro atoms. The van der Waals surface area contributed by atoms with E-state index >= 15 is 0 Å². The minimum Gasteiger partial charge on any atom is -0.323 e. The number of aryl methyl sites for hydroxylation is 1. The molecule has 0 aliphatic heterocycles. The number of aromatic nitrogens is 3. The minimum absolute atomic E-state index is 0.295. The van der Waals surface area contributed by atoms with Crippen LogP contribution in [0, 0.1) is 5.82 Å². The molecule has 2 N–H and O–H groups in total. The van der Waals surface area contributed by atoms with Gasteiger partial charge in [0.1, 0.15) is 11.6 Å². The molecular weight excluding hydrogens is 375 g/mol. The fourth-order valence-electron chi connectivity index (χ4n) is 3.85. The number of nitrogens with one attached hydrogen (secondary N) is 2. The van der Waals surface area contributed by atoms with E-state index in [4.69, 9.17) is 16.6 Å². The van der Waals surface area contributed by atoms with Crippen molar-refractivity contribution in [2.45, 2.75) is 25.7 Å². The van der Waals surface area contributed by atoms with E-state index in [0.717, 1.165) is 48.3 Å². The number of pyridine rings is 1. The summed E-state index contributed by atoms with van der Waals surface area (Å²) >= 11 is 6.41. The maximum absolute atomic E-state index is 13.7. The molecule has 28 heavy (non-hydrogen) atoms. The SMILES string of the molecule is Fc1ccc2[nH]nc(Nc3nc(-c4ccccc4Cl)cc4c3CCCC4)c2c1. The molecule has 0 radical (unpaired) electrons. The van der Waals surface area contributed by atoms with Crippen LogP contribution < -0.4 is 5.32 Å². The van der Waals surface area contributed by atoms with Gasteiger partial charge in [0.2, 0.25) is 0 Å². The average molecular weight is 393 g/mol. The molecule has 0 fully saturated rings. The molecule has 5 rings (SSSR count). The Labute approximate surface area is 166 Å². The van der Waals surface area contributed by atoms with Crippen LogP contribution in [0.25, 0.3) is 22.2 Å². The molecule has 0 unspecified atom stereocenters. The number of fused-ring (bicyclic) bond motifs is 2. The highest BCUT2D eigenvalue weighted by Crippen LogP contribution is 2.35. The summed E-state index contributed by atoms with van der Waals surface area (Å²) in [4.78, 5) is 4.88. The van der Waals surface area contributed by atoms with E-state index in [1.54, 1.807) is 6.07 Å². The lowest BCUT2D eigenvalue weighted by Gasteiger charge is -2.21. The molecular formula is C22H18ClFN4. The van der Waals surface area contributed by atoms with E-state index in [1.165, 1.54) is 23.3 Å². The van der Waals surface area contributed by atoms with Gasteiger partial charge in [-0.15, -0.1) is 0 Å². The van der Waals surface area contributed by atoms with E-state index < -0.39 is 0 Å². The van der Waals surface area contributed by atoms with Crippen LogP contribution in [0.3, 0.4) is 0 Å². The van der Waals surface area contributed by atoms with Crippen LogP contribution in [0.1, 0.15) is 24.0 Å². The van der Waals surface area contributed by atoms with Crippen molar-refractivity contribution in [1.29, 1.82) is 0 Å². The molecule has 0 saturated heterocycles. The van der Waals surface area contributed by atoms with Crippen LogP contribution in [0.2, 0.25) is 5.02 Å². The van der Waals surface area contributed by atoms with Gasteiger partial charge in [-0.05, 0) is 67.1 Å². The monoisotopic (exact) mass is 392 g/mol. The summed E-state index contributed by atoms with van der Waals surface area (Å²) in [6, 6.07) is 14.4. The Hall–Kier alpha value is -2.92. The van der Waals surface area contributed by atoms with E-state index in [-0.39, 0.29) is 5.82 Å². The Morgan fingerprint density at radius 2 is 1.86 bits per heavy atom. The van der Waals surface area contributed by atoms with Crippen molar-refractivity contribution in [2.75, 3.05) is 5.32 Å². The van der Waals surface area contributed by atoms with Crippen LogP contribution in [-0.4, -0.2) is 15.2 Å². The highest BCUT2D eigenvalue weighted by molar-refractivity contribution is 6.33. The van der Waals surface area contributed by atoms with Crippen molar-refractivity contribution in [3.8, 4) is 11.3 Å². The summed E-state index contributed by atoms with van der Waals surface area (Å²) in [5.41, 5.74) is 5.00. The molecule has 4 nitrogen and oxygen atoms in total. The lowest BCUT2D eigenvalue weighted by molar-refractivity contribution is 0.630. The highest BCUT2D eigenvalue weighted by Gasteiger charge is 2.19. The molecule has 0 atom stereocenters. The zero-order valence-electron chi connectivity index (χ0n) is 15.1. The van der Waals surface area contributed by atoms with E-state index in [1.807, 2.05) is 24.3 Å². The lowest BCUT2D eigenvalue weighted by Crippen LogP contribution is -2.09. The van der Waals surface area contributed by atoms with Crippen molar-refractivity contribution in [3.63, 3.8) is 0 Å². The fraction of sp³-hybridized carbons (Fsp3) is 0.182. The summed E-state index contributed by atoms with van der Waals surface area (Å²) in [5.74, 6) is 1.05. The second kappa shape index (κ2) is 6.91. The van der Waals surface area contributed by atoms with Gasteiger partial charge < -0.3 is 5.32 Å². The normalized spacial score (nSPS) is 13.5. The number of halogens is 2. The van der Waals surface area contributed by atoms with Gasteiger partial charge in [-0.3, -0.25) is 5.10 Å². The van der Waals surface area contributed by atoms with Gasteiger partial charge in [0.15, 0.2) is 5.82 Å². The largest absolute Gasteiger partial charge is 0.323 e. The third kappa shape index (κ3) is 3.02. The molecule has 0 bridgehead atoms. The third-order valence-electron chi connectivity index (χ3n) is 5.25. The summed E-state index contributed by atoms with van der Waals surface area (Å²) < 4.78 is 13.7. The van der Waals surface area contributed by atoms with E-state index in [0.29, 0.717) is 16.2 Å². The molecule has 0 saturated carbocycles. The van der Waals surface area contributed by atoms with E-state index in [2.05, 4.69) is 21.6 Å². The molecule has 6 heteroatoms. The maximum Gasteiger partial charge on any atom is 0.161 e. The van der Waals surface area contributed by atoms with Crippen molar-refractivity contribution in [2.24, 2.45) is 0 Å². The molecule has 2 heterocycles. The minimum atomic E-state index is -0.295. The quantitative estimate of drug-likeness (QED) is 0.447. The first kappa shape index (κ1) is 17.2. The highest BCUT2D eigenvalue weighted by atomic mass is 35.5. The Morgan fingerprint density at radius 1 is 1.00 bits per heavy atom. The zero-order valence-corrected chi connectivity index (χ0v) is 15.9. The van der Waals surface area contributed by atoms with Crippen molar-refractivity contribution >= 4 is 34.1 Å². The Morgan fingerprint density at radius 3 is 2.75 bits per heavy atom. The maximum atomic E-state index is 13.7. The first-order chi connectivity index (χ1) is 13.7. The van der Waals surface area contributed by atoms with Gasteiger partial charge in [0, 0.05) is 16.0 Å². The molecule has 1 aliphatic carbocycles. The number of anilines is 2. The second-order valence-corrected chi connectivity index (χ2v) is 7.48. The predicted octanol–water partition coefficient (Wildman–Crippen LogP) is 6.04. The second-order valence-electron chi connectivity index (χ2n) is 7.07. The zero-order chi connectivity index (χ0) is 19.1. The Balaban J connectivity index is 1.64. The molecule has 4 aromatic rings. The van der Waals surface area contributed by atoms with Crippen molar-refractivity contribution in [3.05, 3.63) is 70.5 Å². The number of hydrogen-bond donors (Lipinski definition) is 2. The number of benzene rings is 2. The molecule has 140 valence electrons. The summed E-state index contributed by atoms with van der Waals surface area (Å²) in [6.45, 7) is 0. The van der Waals surface area contributed by atoms with Gasteiger partial charge in [-0.2, -0.15) is 5.10 Å². The van der Waals surface area contributed by atoms with Crippen LogP contribution >= 0.6 is 11.6 Å². The molecule has 2 aromatic carbocycles. The number of rotatable bonds is 3. The first-order valence-electron chi connectivity index (χ1n) is 9.37. The first-order valence-corrected chi connectivity index (χ1v) is 9.75. The summed E-state index contributed by atoms with van der Waals surface area (Å²) in [5, 5.41) is 12.0. The predicted molar refractivity (Wildman–Crippen MR) is 111 cm³/mol. The number of H-pyrrole nitrogens is 1. The average Bonchev–Trinajstić information content (AvgIpc) is 3.10. The van der Waals surface area contributed by atoms with Crippen molar-refractivity contribution < 1.29 is 4.39 Å². The third-order valence-corrected chi connectivity index (χ3v) is 5.58. The van der Waals surface area contributed by atoms with E-state index in [9.17, 15) is 4.39 Å². The van der Waals surface area contributed by atoms with Gasteiger partial charge in [0.05, 0.1) is 11.2 Å². The number of aromatic amines is 1. The molecule has 0 amide bonds. The Bertz CT molecular complexity index is 1180. The standard InChI is InChI=1S/C22H18ClFN4/c23-18-8-4-3-7-16(18)20-11-13-5-1-2-6-15(13)21(25-20)26-22-17-12-14(24)9-10-19(17)27-28-22/h3-4,7-12H,1-2,5-6H2,(H2,25,26,27,28). The van der Waals surface area contributed by atoms with Crippen molar-refractivity contribution in [1.82, 2.24) is 15.2 Å². The molecule has 1 aliphatic rings. The van der Waals surface area contributed by atoms with Crippen LogP contribution in [0.5, 0.6) is 0 Å². The smallest absolute Gasteiger partial charge is 0.161 e.